The monoisotopic (exact) mass is 262 g/mol. The Kier molecular flexibility index (Phi) is 5.55. The molecule has 0 saturated carbocycles. The first-order valence-corrected chi connectivity index (χ1v) is 6.99. The molecule has 1 rings (SSSR count). The highest BCUT2D eigenvalue weighted by atomic mass is 16.2. The van der Waals surface area contributed by atoms with Gasteiger partial charge >= 0.3 is 0 Å². The molecule has 0 saturated heterocycles. The minimum atomic E-state index is -0.433. The average molecular weight is 262 g/mol. The second-order valence-electron chi connectivity index (χ2n) is 5.50. The molecule has 1 amide bonds. The SMILES string of the molecule is CCC(C)[C@H](N)C(=O)NC(C)c1cc(C)ccc1C. The molecule has 0 aliphatic carbocycles. The summed E-state index contributed by atoms with van der Waals surface area (Å²) in [6, 6.07) is 5.84. The van der Waals surface area contributed by atoms with Crippen LogP contribution in [0.3, 0.4) is 0 Å². The second-order valence-corrected chi connectivity index (χ2v) is 5.50. The molecule has 0 aliphatic heterocycles. The van der Waals surface area contributed by atoms with Gasteiger partial charge in [-0.2, -0.15) is 0 Å². The molecule has 0 aliphatic rings. The van der Waals surface area contributed by atoms with Crippen molar-refractivity contribution in [2.45, 2.75) is 53.1 Å². The maximum Gasteiger partial charge on any atom is 0.237 e. The van der Waals surface area contributed by atoms with Crippen LogP contribution in [0.2, 0.25) is 0 Å². The molecule has 3 atom stereocenters. The third-order valence-corrected chi connectivity index (χ3v) is 3.82. The molecular formula is C16H26N2O. The van der Waals surface area contributed by atoms with Crippen molar-refractivity contribution in [1.82, 2.24) is 5.32 Å². The first kappa shape index (κ1) is 15.7. The Bertz CT molecular complexity index is 442. The number of nitrogens with two attached hydrogens (primary N) is 1. The summed E-state index contributed by atoms with van der Waals surface area (Å²) in [6.07, 6.45) is 0.909. The van der Waals surface area contributed by atoms with E-state index in [1.807, 2.05) is 20.8 Å². The van der Waals surface area contributed by atoms with Crippen LogP contribution in [0.1, 0.15) is 49.9 Å². The number of hydrogen-bond donors (Lipinski definition) is 2. The van der Waals surface area contributed by atoms with Crippen LogP contribution >= 0.6 is 0 Å². The molecule has 0 heterocycles. The van der Waals surface area contributed by atoms with Gasteiger partial charge in [-0.15, -0.1) is 0 Å². The van der Waals surface area contributed by atoms with Gasteiger partial charge in [-0.1, -0.05) is 44.0 Å². The van der Waals surface area contributed by atoms with E-state index in [1.54, 1.807) is 0 Å². The molecule has 3 N–H and O–H groups in total. The zero-order valence-electron chi connectivity index (χ0n) is 12.7. The van der Waals surface area contributed by atoms with Crippen molar-refractivity contribution in [2.75, 3.05) is 0 Å². The van der Waals surface area contributed by atoms with Crippen LogP contribution in [-0.2, 0) is 4.79 Å². The van der Waals surface area contributed by atoms with Gasteiger partial charge in [0, 0.05) is 0 Å². The number of carbonyl (C=O) groups excluding carboxylic acids is 1. The third-order valence-electron chi connectivity index (χ3n) is 3.82. The van der Waals surface area contributed by atoms with Gasteiger partial charge < -0.3 is 11.1 Å². The molecule has 3 heteroatoms. The van der Waals surface area contributed by atoms with E-state index in [9.17, 15) is 4.79 Å². The van der Waals surface area contributed by atoms with Gasteiger partial charge in [-0.3, -0.25) is 4.79 Å². The maximum absolute atomic E-state index is 12.1. The fourth-order valence-corrected chi connectivity index (χ4v) is 2.13. The molecule has 2 unspecified atom stereocenters. The predicted molar refractivity (Wildman–Crippen MR) is 79.9 cm³/mol. The predicted octanol–water partition coefficient (Wildman–Crippen LogP) is 2.85. The van der Waals surface area contributed by atoms with E-state index < -0.39 is 6.04 Å². The maximum atomic E-state index is 12.1. The van der Waals surface area contributed by atoms with Crippen LogP contribution in [-0.4, -0.2) is 11.9 Å². The lowest BCUT2D eigenvalue weighted by molar-refractivity contribution is -0.124. The third kappa shape index (κ3) is 4.06. The van der Waals surface area contributed by atoms with Gasteiger partial charge in [0.2, 0.25) is 5.91 Å². The number of benzene rings is 1. The van der Waals surface area contributed by atoms with Crippen molar-refractivity contribution in [3.8, 4) is 0 Å². The topological polar surface area (TPSA) is 55.1 Å². The van der Waals surface area contributed by atoms with Crippen molar-refractivity contribution in [2.24, 2.45) is 11.7 Å². The smallest absolute Gasteiger partial charge is 0.237 e. The number of amides is 1. The summed E-state index contributed by atoms with van der Waals surface area (Å²) in [5.41, 5.74) is 9.50. The average Bonchev–Trinajstić information content (AvgIpc) is 2.39. The van der Waals surface area contributed by atoms with E-state index in [1.165, 1.54) is 11.1 Å². The molecule has 19 heavy (non-hydrogen) atoms. The minimum absolute atomic E-state index is 0.0116. The summed E-state index contributed by atoms with van der Waals surface area (Å²) in [4.78, 5) is 12.1. The standard InChI is InChI=1S/C16H26N2O/c1-6-11(3)15(17)16(19)18-13(5)14-9-10(2)7-8-12(14)4/h7-9,11,13,15H,6,17H2,1-5H3,(H,18,19)/t11?,13?,15-/m0/s1. The molecule has 0 radical (unpaired) electrons. The molecule has 0 aromatic heterocycles. The largest absolute Gasteiger partial charge is 0.348 e. The van der Waals surface area contributed by atoms with E-state index in [2.05, 4.69) is 37.4 Å². The van der Waals surface area contributed by atoms with Crippen LogP contribution < -0.4 is 11.1 Å². The van der Waals surface area contributed by atoms with Gasteiger partial charge in [0.15, 0.2) is 0 Å². The summed E-state index contributed by atoms with van der Waals surface area (Å²) >= 11 is 0. The Balaban J connectivity index is 2.76. The molecule has 0 fully saturated rings. The molecule has 3 nitrogen and oxygen atoms in total. The lowest BCUT2D eigenvalue weighted by atomic mass is 9.97. The number of nitrogens with one attached hydrogen (secondary N) is 1. The van der Waals surface area contributed by atoms with E-state index in [4.69, 9.17) is 5.73 Å². The van der Waals surface area contributed by atoms with Crippen LogP contribution in [0.25, 0.3) is 0 Å². The zero-order valence-corrected chi connectivity index (χ0v) is 12.7. The molecule has 1 aromatic carbocycles. The van der Waals surface area contributed by atoms with Gasteiger partial charge in [-0.05, 0) is 37.8 Å². The summed E-state index contributed by atoms with van der Waals surface area (Å²) in [5.74, 6) is 0.133. The zero-order chi connectivity index (χ0) is 14.6. The molecule has 0 bridgehead atoms. The Morgan fingerprint density at radius 1 is 1.32 bits per heavy atom. The highest BCUT2D eigenvalue weighted by Crippen LogP contribution is 2.19. The van der Waals surface area contributed by atoms with Gasteiger partial charge in [-0.25, -0.2) is 0 Å². The van der Waals surface area contributed by atoms with Crippen LogP contribution in [0.4, 0.5) is 0 Å². The van der Waals surface area contributed by atoms with Crippen LogP contribution in [0, 0.1) is 19.8 Å². The number of aryl methyl sites for hydroxylation is 2. The van der Waals surface area contributed by atoms with Crippen molar-refractivity contribution in [3.05, 3.63) is 34.9 Å². The Hall–Kier alpha value is -1.35. The van der Waals surface area contributed by atoms with Gasteiger partial charge in [0.1, 0.15) is 0 Å². The van der Waals surface area contributed by atoms with Crippen molar-refractivity contribution >= 4 is 5.91 Å². The van der Waals surface area contributed by atoms with E-state index in [-0.39, 0.29) is 17.9 Å². The highest BCUT2D eigenvalue weighted by Gasteiger charge is 2.21. The molecule has 106 valence electrons. The lowest BCUT2D eigenvalue weighted by Gasteiger charge is -2.22. The van der Waals surface area contributed by atoms with Gasteiger partial charge in [0.25, 0.3) is 0 Å². The fourth-order valence-electron chi connectivity index (χ4n) is 2.13. The summed E-state index contributed by atoms with van der Waals surface area (Å²) in [5, 5.41) is 3.02. The van der Waals surface area contributed by atoms with Crippen molar-refractivity contribution in [1.29, 1.82) is 0 Å². The molecular weight excluding hydrogens is 236 g/mol. The summed E-state index contributed by atoms with van der Waals surface area (Å²) in [6.45, 7) is 10.2. The molecule has 0 spiro atoms. The Labute approximate surface area is 116 Å². The van der Waals surface area contributed by atoms with Crippen LogP contribution in [0.15, 0.2) is 18.2 Å². The quantitative estimate of drug-likeness (QED) is 0.857. The lowest BCUT2D eigenvalue weighted by Crippen LogP contribution is -2.45. The van der Waals surface area contributed by atoms with E-state index in [0.717, 1.165) is 12.0 Å². The first-order chi connectivity index (χ1) is 8.86. The number of carbonyl (C=O) groups is 1. The van der Waals surface area contributed by atoms with Crippen molar-refractivity contribution in [3.63, 3.8) is 0 Å². The normalized spacial score (nSPS) is 15.7. The highest BCUT2D eigenvalue weighted by molar-refractivity contribution is 5.82. The van der Waals surface area contributed by atoms with E-state index >= 15 is 0 Å². The molecule has 1 aromatic rings. The number of hydrogen-bond acceptors (Lipinski definition) is 2. The summed E-state index contributed by atoms with van der Waals surface area (Å²) in [7, 11) is 0. The summed E-state index contributed by atoms with van der Waals surface area (Å²) < 4.78 is 0. The van der Waals surface area contributed by atoms with Gasteiger partial charge in [0.05, 0.1) is 12.1 Å². The fraction of sp³-hybridized carbons (Fsp3) is 0.562. The van der Waals surface area contributed by atoms with E-state index in [0.29, 0.717) is 0 Å². The van der Waals surface area contributed by atoms with Crippen LogP contribution in [0.5, 0.6) is 0 Å². The minimum Gasteiger partial charge on any atom is -0.348 e. The van der Waals surface area contributed by atoms with Crippen molar-refractivity contribution < 1.29 is 4.79 Å². The first-order valence-electron chi connectivity index (χ1n) is 6.99. The number of rotatable bonds is 5. The second kappa shape index (κ2) is 6.71. The Morgan fingerprint density at radius 2 is 1.95 bits per heavy atom. The Morgan fingerprint density at radius 3 is 2.53 bits per heavy atom.